The summed E-state index contributed by atoms with van der Waals surface area (Å²) in [7, 11) is 0. The molecule has 2 N–H and O–H groups in total. The summed E-state index contributed by atoms with van der Waals surface area (Å²) in [5.74, 6) is 0.555. The second-order valence-corrected chi connectivity index (χ2v) is 4.88. The van der Waals surface area contributed by atoms with Gasteiger partial charge in [0.05, 0.1) is 9.77 Å². The van der Waals surface area contributed by atoms with Crippen LogP contribution < -0.4 is 5.32 Å². The molecule has 0 aliphatic rings. The van der Waals surface area contributed by atoms with Gasteiger partial charge in [-0.2, -0.15) is 5.10 Å². The number of nitrogens with zero attached hydrogens (tertiary/aromatic N) is 1. The minimum absolute atomic E-state index is 0.486. The fourth-order valence-corrected chi connectivity index (χ4v) is 1.16. The van der Waals surface area contributed by atoms with Gasteiger partial charge in [0.1, 0.15) is 11.4 Å². The van der Waals surface area contributed by atoms with Crippen molar-refractivity contribution in [3.05, 3.63) is 9.77 Å². The van der Waals surface area contributed by atoms with E-state index in [1.165, 1.54) is 0 Å². The summed E-state index contributed by atoms with van der Waals surface area (Å²) >= 11 is 2.06. The van der Waals surface area contributed by atoms with E-state index in [4.69, 9.17) is 4.74 Å². The molecule has 0 aromatic carbocycles. The number of carbonyl (C=O) groups excluding carboxylic acids is 1. The molecule has 1 amide bonds. The first kappa shape index (κ1) is 11.3. The number of aromatic amines is 1. The molecule has 0 aliphatic heterocycles. The Morgan fingerprint density at radius 1 is 1.64 bits per heavy atom. The number of anilines is 1. The van der Waals surface area contributed by atoms with E-state index < -0.39 is 11.7 Å². The molecule has 1 rings (SSSR count). The van der Waals surface area contributed by atoms with E-state index >= 15 is 0 Å². The Kier molecular flexibility index (Phi) is 3.35. The lowest BCUT2D eigenvalue weighted by Gasteiger charge is -2.19. The predicted molar refractivity (Wildman–Crippen MR) is 61.2 cm³/mol. The maximum atomic E-state index is 11.3. The van der Waals surface area contributed by atoms with Crippen molar-refractivity contribution in [2.24, 2.45) is 0 Å². The summed E-state index contributed by atoms with van der Waals surface area (Å²) in [6.45, 7) is 5.43. The van der Waals surface area contributed by atoms with E-state index in [-0.39, 0.29) is 0 Å². The fourth-order valence-electron chi connectivity index (χ4n) is 0.765. The van der Waals surface area contributed by atoms with Gasteiger partial charge in [0, 0.05) is 0 Å². The molecule has 0 atom stereocenters. The van der Waals surface area contributed by atoms with Gasteiger partial charge >= 0.3 is 6.09 Å². The van der Waals surface area contributed by atoms with Crippen molar-refractivity contribution in [1.82, 2.24) is 10.2 Å². The molecule has 0 aliphatic carbocycles. The highest BCUT2D eigenvalue weighted by Gasteiger charge is 2.17. The molecule has 6 heteroatoms. The number of ether oxygens (including phenoxy) is 1. The number of aromatic nitrogens is 2. The number of halogens is 1. The van der Waals surface area contributed by atoms with Crippen LogP contribution in [0.25, 0.3) is 0 Å². The summed E-state index contributed by atoms with van der Waals surface area (Å²) in [4.78, 5) is 11.3. The molecule has 0 spiro atoms. The minimum atomic E-state index is -0.491. The number of amides is 1. The van der Waals surface area contributed by atoms with Crippen LogP contribution in [0.4, 0.5) is 10.6 Å². The first-order valence-electron chi connectivity index (χ1n) is 4.07. The summed E-state index contributed by atoms with van der Waals surface area (Å²) in [5, 5.41) is 8.98. The van der Waals surface area contributed by atoms with Crippen LogP contribution in [0.2, 0.25) is 0 Å². The second-order valence-electron chi connectivity index (χ2n) is 3.72. The third-order valence-electron chi connectivity index (χ3n) is 1.22. The van der Waals surface area contributed by atoms with Crippen molar-refractivity contribution in [1.29, 1.82) is 0 Å². The molecule has 0 saturated heterocycles. The van der Waals surface area contributed by atoms with Crippen LogP contribution in [0.1, 0.15) is 20.8 Å². The molecule has 1 aromatic rings. The molecule has 1 aromatic heterocycles. The Balaban J connectivity index is 2.54. The summed E-state index contributed by atoms with van der Waals surface area (Å²) in [6.07, 6.45) is 1.13. The molecule has 1 heterocycles. The van der Waals surface area contributed by atoms with Gasteiger partial charge in [0.2, 0.25) is 0 Å². The van der Waals surface area contributed by atoms with Crippen LogP contribution in [-0.4, -0.2) is 21.9 Å². The number of carbonyl (C=O) groups is 1. The maximum absolute atomic E-state index is 11.3. The summed E-state index contributed by atoms with van der Waals surface area (Å²) in [6, 6.07) is 0. The van der Waals surface area contributed by atoms with E-state index in [2.05, 4.69) is 38.1 Å². The molecular weight excluding hydrogens is 297 g/mol. The Bertz CT molecular complexity index is 330. The average molecular weight is 309 g/mol. The third kappa shape index (κ3) is 3.52. The van der Waals surface area contributed by atoms with Crippen molar-refractivity contribution < 1.29 is 9.53 Å². The Hall–Kier alpha value is -0.790. The highest BCUT2D eigenvalue weighted by molar-refractivity contribution is 14.1. The van der Waals surface area contributed by atoms with Gasteiger partial charge in [-0.3, -0.25) is 10.4 Å². The SMILES string of the molecule is CC(C)(C)OC(=O)Nc1[nH]ncc1I. The van der Waals surface area contributed by atoms with Crippen molar-refractivity contribution in [2.75, 3.05) is 5.32 Å². The molecule has 14 heavy (non-hydrogen) atoms. The highest BCUT2D eigenvalue weighted by atomic mass is 127. The first-order chi connectivity index (χ1) is 6.38. The fraction of sp³-hybridized carbons (Fsp3) is 0.500. The molecule has 0 bridgehead atoms. The molecular formula is C8H12IN3O2. The van der Waals surface area contributed by atoms with Crippen molar-refractivity contribution in [3.8, 4) is 0 Å². The topological polar surface area (TPSA) is 67.0 Å². The lowest BCUT2D eigenvalue weighted by Crippen LogP contribution is -2.27. The van der Waals surface area contributed by atoms with E-state index in [0.717, 1.165) is 3.57 Å². The Morgan fingerprint density at radius 2 is 2.29 bits per heavy atom. The number of hydrogen-bond donors (Lipinski definition) is 2. The minimum Gasteiger partial charge on any atom is -0.444 e. The molecule has 0 saturated carbocycles. The maximum Gasteiger partial charge on any atom is 0.413 e. The standard InChI is InChI=1S/C8H12IN3O2/c1-8(2,3)14-7(13)11-6-5(9)4-10-12-6/h4H,1-3H3,(H2,10,11,12,13). The van der Waals surface area contributed by atoms with Crippen LogP contribution in [-0.2, 0) is 4.74 Å². The predicted octanol–water partition coefficient (Wildman–Crippen LogP) is 2.36. The average Bonchev–Trinajstić information content (AvgIpc) is 2.32. The van der Waals surface area contributed by atoms with Crippen molar-refractivity contribution in [3.63, 3.8) is 0 Å². The number of nitrogens with one attached hydrogen (secondary N) is 2. The largest absolute Gasteiger partial charge is 0.444 e. The summed E-state index contributed by atoms with van der Waals surface area (Å²) < 4.78 is 5.91. The molecule has 78 valence electrons. The summed E-state index contributed by atoms with van der Waals surface area (Å²) in [5.41, 5.74) is -0.491. The van der Waals surface area contributed by atoms with Crippen LogP contribution in [0.3, 0.4) is 0 Å². The van der Waals surface area contributed by atoms with Gasteiger partial charge in [0.15, 0.2) is 0 Å². The Morgan fingerprint density at radius 3 is 2.71 bits per heavy atom. The second kappa shape index (κ2) is 4.16. The van der Waals surface area contributed by atoms with Crippen LogP contribution >= 0.6 is 22.6 Å². The lowest BCUT2D eigenvalue weighted by molar-refractivity contribution is 0.0635. The van der Waals surface area contributed by atoms with Gasteiger partial charge in [0.25, 0.3) is 0 Å². The van der Waals surface area contributed by atoms with E-state index in [1.807, 2.05) is 20.8 Å². The normalized spacial score (nSPS) is 11.1. The molecule has 0 radical (unpaired) electrons. The number of rotatable bonds is 1. The van der Waals surface area contributed by atoms with Gasteiger partial charge < -0.3 is 4.74 Å². The highest BCUT2D eigenvalue weighted by Crippen LogP contribution is 2.15. The zero-order chi connectivity index (χ0) is 10.8. The van der Waals surface area contributed by atoms with Gasteiger partial charge in [-0.15, -0.1) is 0 Å². The van der Waals surface area contributed by atoms with E-state index in [9.17, 15) is 4.79 Å². The van der Waals surface area contributed by atoms with Gasteiger partial charge in [-0.25, -0.2) is 4.79 Å². The third-order valence-corrected chi connectivity index (χ3v) is 2.04. The van der Waals surface area contributed by atoms with E-state index in [0.29, 0.717) is 5.82 Å². The van der Waals surface area contributed by atoms with Crippen molar-refractivity contribution >= 4 is 34.5 Å². The number of hydrogen-bond acceptors (Lipinski definition) is 3. The first-order valence-corrected chi connectivity index (χ1v) is 5.15. The van der Waals surface area contributed by atoms with E-state index in [1.54, 1.807) is 6.20 Å². The molecule has 0 unspecified atom stereocenters. The quantitative estimate of drug-likeness (QED) is 0.783. The van der Waals surface area contributed by atoms with Crippen LogP contribution in [0, 0.1) is 3.57 Å². The monoisotopic (exact) mass is 309 g/mol. The zero-order valence-corrected chi connectivity index (χ0v) is 10.4. The molecule has 0 fully saturated rings. The molecule has 5 nitrogen and oxygen atoms in total. The van der Waals surface area contributed by atoms with Crippen LogP contribution in [0.15, 0.2) is 6.20 Å². The van der Waals surface area contributed by atoms with Crippen LogP contribution in [0.5, 0.6) is 0 Å². The lowest BCUT2D eigenvalue weighted by atomic mass is 10.2. The number of H-pyrrole nitrogens is 1. The Labute approximate surface area is 95.7 Å². The van der Waals surface area contributed by atoms with Gasteiger partial charge in [-0.05, 0) is 43.4 Å². The van der Waals surface area contributed by atoms with Crippen molar-refractivity contribution in [2.45, 2.75) is 26.4 Å². The van der Waals surface area contributed by atoms with Gasteiger partial charge in [-0.1, -0.05) is 0 Å². The smallest absolute Gasteiger partial charge is 0.413 e. The zero-order valence-electron chi connectivity index (χ0n) is 8.22.